The van der Waals surface area contributed by atoms with E-state index in [-0.39, 0.29) is 0 Å². The molecule has 1 aromatic carbocycles. The lowest BCUT2D eigenvalue weighted by Gasteiger charge is -2.39. The minimum Gasteiger partial charge on any atom is -0.312 e. The Hall–Kier alpha value is -1.12. The third-order valence-corrected chi connectivity index (χ3v) is 4.80. The molecule has 0 aliphatic carbocycles. The summed E-state index contributed by atoms with van der Waals surface area (Å²) in [6.07, 6.45) is 6.76. The lowest BCUT2D eigenvalue weighted by atomic mass is 9.93. The van der Waals surface area contributed by atoms with E-state index in [0.29, 0.717) is 12.1 Å². The summed E-state index contributed by atoms with van der Waals surface area (Å²) in [6.45, 7) is 7.77. The second kappa shape index (κ2) is 6.55. The Kier molecular flexibility index (Phi) is 4.54. The molecule has 2 nitrogen and oxygen atoms in total. The Morgan fingerprint density at radius 1 is 1.15 bits per heavy atom. The summed E-state index contributed by atoms with van der Waals surface area (Å²) in [5.41, 5.74) is 2.55. The van der Waals surface area contributed by atoms with E-state index in [1.54, 1.807) is 0 Å². The van der Waals surface area contributed by atoms with Gasteiger partial charge in [-0.05, 0) is 49.9 Å². The van der Waals surface area contributed by atoms with Gasteiger partial charge in [-0.25, -0.2) is 0 Å². The molecule has 2 heterocycles. The fourth-order valence-electron chi connectivity index (χ4n) is 3.72. The predicted molar refractivity (Wildman–Crippen MR) is 85.7 cm³/mol. The van der Waals surface area contributed by atoms with E-state index in [1.807, 2.05) is 0 Å². The molecule has 0 bridgehead atoms. The van der Waals surface area contributed by atoms with Crippen molar-refractivity contribution in [3.05, 3.63) is 42.5 Å². The number of rotatable bonds is 4. The first-order valence-electron chi connectivity index (χ1n) is 8.05. The van der Waals surface area contributed by atoms with Gasteiger partial charge in [-0.1, -0.05) is 43.3 Å². The van der Waals surface area contributed by atoms with E-state index in [1.165, 1.54) is 56.3 Å². The maximum absolute atomic E-state index is 4.32. The topological polar surface area (TPSA) is 15.3 Å². The molecule has 1 N–H and O–H groups in total. The molecule has 3 rings (SSSR count). The first-order chi connectivity index (χ1) is 9.84. The van der Waals surface area contributed by atoms with Crippen molar-refractivity contribution in [1.82, 2.24) is 10.2 Å². The molecule has 0 spiro atoms. The van der Waals surface area contributed by atoms with Crippen LogP contribution in [0.1, 0.15) is 37.7 Å². The second-order valence-corrected chi connectivity index (χ2v) is 6.21. The molecular weight excluding hydrogens is 244 g/mol. The van der Waals surface area contributed by atoms with Crippen molar-refractivity contribution in [2.75, 3.05) is 19.6 Å². The third kappa shape index (κ3) is 3.13. The van der Waals surface area contributed by atoms with Crippen LogP contribution in [0.3, 0.4) is 0 Å². The fraction of sp³-hybridized carbons (Fsp3) is 0.556. The zero-order valence-corrected chi connectivity index (χ0v) is 12.4. The van der Waals surface area contributed by atoms with E-state index in [2.05, 4.69) is 47.1 Å². The molecule has 2 fully saturated rings. The van der Waals surface area contributed by atoms with Crippen LogP contribution in [0.15, 0.2) is 36.9 Å². The Labute approximate surface area is 122 Å². The van der Waals surface area contributed by atoms with E-state index in [4.69, 9.17) is 0 Å². The summed E-state index contributed by atoms with van der Waals surface area (Å²) in [4.78, 5) is 2.67. The molecule has 108 valence electrons. The van der Waals surface area contributed by atoms with Crippen molar-refractivity contribution in [1.29, 1.82) is 0 Å². The van der Waals surface area contributed by atoms with E-state index >= 15 is 0 Å². The predicted octanol–water partition coefficient (Wildman–Crippen LogP) is 3.31. The molecular formula is C18H26N2. The van der Waals surface area contributed by atoms with Crippen molar-refractivity contribution in [3.8, 4) is 0 Å². The minimum absolute atomic E-state index is 0.707. The number of likely N-dealkylation sites (tertiary alicyclic amines) is 1. The molecule has 0 aromatic heterocycles. The molecule has 1 aromatic rings. The zero-order valence-electron chi connectivity index (χ0n) is 12.4. The molecule has 0 radical (unpaired) electrons. The molecule has 2 unspecified atom stereocenters. The number of nitrogens with zero attached hydrogens (tertiary/aromatic N) is 1. The van der Waals surface area contributed by atoms with Crippen LogP contribution in [0.2, 0.25) is 0 Å². The number of benzene rings is 1. The van der Waals surface area contributed by atoms with Gasteiger partial charge in [0.25, 0.3) is 0 Å². The van der Waals surface area contributed by atoms with Gasteiger partial charge >= 0.3 is 0 Å². The second-order valence-electron chi connectivity index (χ2n) is 6.21. The third-order valence-electron chi connectivity index (χ3n) is 4.80. The van der Waals surface area contributed by atoms with Gasteiger partial charge in [-0.3, -0.25) is 4.90 Å². The lowest BCUT2D eigenvalue weighted by molar-refractivity contribution is 0.137. The number of nitrogens with one attached hydrogen (secondary N) is 1. The number of piperidine rings is 1. The SMILES string of the molecule is C=C(CN1CCCCC1C1CCCN1)c1ccccc1. The van der Waals surface area contributed by atoms with Crippen molar-refractivity contribution in [2.24, 2.45) is 0 Å². The average Bonchev–Trinajstić information content (AvgIpc) is 3.03. The van der Waals surface area contributed by atoms with Gasteiger partial charge in [-0.15, -0.1) is 0 Å². The highest BCUT2D eigenvalue weighted by Gasteiger charge is 2.31. The molecule has 2 aliphatic heterocycles. The van der Waals surface area contributed by atoms with Crippen LogP contribution < -0.4 is 5.32 Å². The van der Waals surface area contributed by atoms with E-state index in [0.717, 1.165) is 6.54 Å². The first-order valence-corrected chi connectivity index (χ1v) is 8.05. The van der Waals surface area contributed by atoms with Gasteiger partial charge in [-0.2, -0.15) is 0 Å². The summed E-state index contributed by atoms with van der Waals surface area (Å²) in [6, 6.07) is 12.1. The van der Waals surface area contributed by atoms with Crippen LogP contribution in [-0.2, 0) is 0 Å². The van der Waals surface area contributed by atoms with Crippen LogP contribution in [0, 0.1) is 0 Å². The Morgan fingerprint density at radius 3 is 2.75 bits per heavy atom. The normalized spacial score (nSPS) is 27.6. The quantitative estimate of drug-likeness (QED) is 0.903. The highest BCUT2D eigenvalue weighted by atomic mass is 15.2. The van der Waals surface area contributed by atoms with Crippen molar-refractivity contribution >= 4 is 5.57 Å². The van der Waals surface area contributed by atoms with Crippen LogP contribution >= 0.6 is 0 Å². The summed E-state index contributed by atoms with van der Waals surface area (Å²) in [5, 5.41) is 3.70. The van der Waals surface area contributed by atoms with Crippen molar-refractivity contribution in [2.45, 2.75) is 44.2 Å². The van der Waals surface area contributed by atoms with Gasteiger partial charge in [0.15, 0.2) is 0 Å². The monoisotopic (exact) mass is 270 g/mol. The highest BCUT2D eigenvalue weighted by molar-refractivity contribution is 5.64. The highest BCUT2D eigenvalue weighted by Crippen LogP contribution is 2.26. The molecule has 0 saturated carbocycles. The standard InChI is InChI=1S/C18H26N2/c1-15(16-8-3-2-4-9-16)14-20-13-6-5-11-18(20)17-10-7-12-19-17/h2-4,8-9,17-19H,1,5-7,10-14H2. The summed E-state index contributed by atoms with van der Waals surface area (Å²) in [7, 11) is 0. The molecule has 2 atom stereocenters. The van der Waals surface area contributed by atoms with Crippen molar-refractivity contribution in [3.63, 3.8) is 0 Å². The molecule has 20 heavy (non-hydrogen) atoms. The van der Waals surface area contributed by atoms with Crippen LogP contribution in [0.25, 0.3) is 5.57 Å². The van der Waals surface area contributed by atoms with Crippen molar-refractivity contribution < 1.29 is 0 Å². The van der Waals surface area contributed by atoms with Crippen LogP contribution in [0.5, 0.6) is 0 Å². The molecule has 0 amide bonds. The Balaban J connectivity index is 1.66. The summed E-state index contributed by atoms with van der Waals surface area (Å²) >= 11 is 0. The maximum atomic E-state index is 4.32. The lowest BCUT2D eigenvalue weighted by Crippen LogP contribution is -2.50. The average molecular weight is 270 g/mol. The van der Waals surface area contributed by atoms with Gasteiger partial charge in [0.05, 0.1) is 0 Å². The minimum atomic E-state index is 0.707. The molecule has 2 heteroatoms. The summed E-state index contributed by atoms with van der Waals surface area (Å²) < 4.78 is 0. The zero-order chi connectivity index (χ0) is 13.8. The molecule has 2 aliphatic rings. The summed E-state index contributed by atoms with van der Waals surface area (Å²) in [5.74, 6) is 0. The number of hydrogen-bond donors (Lipinski definition) is 1. The molecule has 2 saturated heterocycles. The Bertz CT molecular complexity index is 434. The van der Waals surface area contributed by atoms with Gasteiger partial charge in [0.2, 0.25) is 0 Å². The van der Waals surface area contributed by atoms with Gasteiger partial charge in [0, 0.05) is 18.6 Å². The largest absolute Gasteiger partial charge is 0.312 e. The van der Waals surface area contributed by atoms with E-state index in [9.17, 15) is 0 Å². The van der Waals surface area contributed by atoms with Gasteiger partial charge < -0.3 is 5.32 Å². The van der Waals surface area contributed by atoms with Crippen LogP contribution in [-0.4, -0.2) is 36.6 Å². The first kappa shape index (κ1) is 13.8. The van der Waals surface area contributed by atoms with E-state index < -0.39 is 0 Å². The fourth-order valence-corrected chi connectivity index (χ4v) is 3.72. The number of hydrogen-bond acceptors (Lipinski definition) is 2. The van der Waals surface area contributed by atoms with Crippen LogP contribution in [0.4, 0.5) is 0 Å². The smallest absolute Gasteiger partial charge is 0.0252 e. The maximum Gasteiger partial charge on any atom is 0.0252 e. The Morgan fingerprint density at radius 2 is 2.00 bits per heavy atom. The van der Waals surface area contributed by atoms with Gasteiger partial charge in [0.1, 0.15) is 0 Å².